The summed E-state index contributed by atoms with van der Waals surface area (Å²) in [5.74, 6) is -112. The molecule has 63 heavy (non-hydrogen) atoms. The molecule has 0 saturated carbocycles. The first-order valence-corrected chi connectivity index (χ1v) is 18.6. The van der Waals surface area contributed by atoms with Crippen molar-refractivity contribution >= 4 is 8.32 Å². The smallest absolute Gasteiger partial charge is 0.420 e. The highest BCUT2D eigenvalue weighted by Crippen LogP contribution is 2.66. The summed E-state index contributed by atoms with van der Waals surface area (Å²) in [6, 6.07) is -1.20. The van der Waals surface area contributed by atoms with Crippen molar-refractivity contribution in [3.63, 3.8) is 0 Å². The second-order valence-corrected chi connectivity index (χ2v) is 19.2. The Balaban J connectivity index is 0. The summed E-state index contributed by atoms with van der Waals surface area (Å²) in [5.41, 5.74) is -1.36. The third kappa shape index (κ3) is 10.1. The Hall–Kier alpha value is -2.20. The van der Waals surface area contributed by atoms with Gasteiger partial charge < -0.3 is 4.43 Å². The molecule has 0 spiro atoms. The molecule has 0 radical (unpaired) electrons. The first-order valence-electron chi connectivity index (χ1n) is 15.5. The van der Waals surface area contributed by atoms with E-state index >= 15 is 0 Å². The van der Waals surface area contributed by atoms with Gasteiger partial charge in [-0.05, 0) is 31.0 Å². The Labute approximate surface area is 329 Å². The summed E-state index contributed by atoms with van der Waals surface area (Å²) in [5, 5.41) is 0. The molecular formula is C27H26F34OSi. The maximum Gasteiger partial charge on any atom is 0.460 e. The molecule has 1 nitrogen and oxygen atoms in total. The quantitative estimate of drug-likeness (QED) is 0.0982. The maximum atomic E-state index is 13.6. The van der Waals surface area contributed by atoms with E-state index in [0.717, 1.165) is 41.0 Å². The van der Waals surface area contributed by atoms with Gasteiger partial charge in [-0.3, -0.25) is 0 Å². The van der Waals surface area contributed by atoms with Gasteiger partial charge in [0.25, 0.3) is 0 Å². The summed E-state index contributed by atoms with van der Waals surface area (Å²) in [7, 11) is -2.47. The average molecular weight is 1040 g/mol. The van der Waals surface area contributed by atoms with Gasteiger partial charge >= 0.3 is 95.3 Å². The number of rotatable bonds is 18. The van der Waals surface area contributed by atoms with Crippen LogP contribution in [0, 0.1) is 5.41 Å². The van der Waals surface area contributed by atoms with Gasteiger partial charge in [0.15, 0.2) is 8.32 Å². The molecule has 382 valence electrons. The van der Waals surface area contributed by atoms with Crippen molar-refractivity contribution in [2.45, 2.75) is 154 Å². The second kappa shape index (κ2) is 16.8. The summed E-state index contributed by atoms with van der Waals surface area (Å²) in [4.78, 5) is 0. The molecule has 0 aromatic heterocycles. The molecule has 0 rings (SSSR count). The van der Waals surface area contributed by atoms with Gasteiger partial charge in [-0.25, -0.2) is 0 Å². The largest absolute Gasteiger partial charge is 0.460 e. The van der Waals surface area contributed by atoms with Crippen LogP contribution in [0.1, 0.15) is 40.0 Å². The number of alkyl halides is 34. The second-order valence-electron chi connectivity index (χ2n) is 14.8. The van der Waals surface area contributed by atoms with Crippen LogP contribution in [0.4, 0.5) is 149 Å². The van der Waals surface area contributed by atoms with Crippen molar-refractivity contribution in [1.29, 1.82) is 0 Å². The molecule has 0 aliphatic rings. The highest BCUT2D eigenvalue weighted by Gasteiger charge is 2.97. The van der Waals surface area contributed by atoms with Crippen LogP contribution in [0.25, 0.3) is 0 Å². The molecule has 0 saturated heterocycles. The standard InChI is InChI=1S/C14H13F17.C13H13F17OSi/c1-6(2,3)4-5-7(15,16)8(17,18)9(19,20)10(21,22)11(23,24)12(25,26)13(27,28)14(29,30)31;1-31-32(2,3)5-4-6(14,15)7(16,17)8(18,19)9(20,21)10(22,23)11(24,25)12(26,27)13(28,29)30/h4-5H2,1-3H3;4-5H2,1-3H3. The SMILES string of the molecule is CC(C)(C)CCC(F)(F)C(F)(F)C(F)(F)C(F)(F)C(F)(F)C(F)(F)C(F)(F)C(F)(F)F.CO[Si](C)(C)CCC(F)(F)C(F)(F)C(F)(F)C(F)(F)C(F)(F)C(F)(F)C(F)(F)C(F)(F)F. The lowest BCUT2D eigenvalue weighted by Gasteiger charge is -2.43. The Bertz CT molecular complexity index is 1530. The molecule has 0 bridgehead atoms. The molecule has 0 unspecified atom stereocenters. The molecule has 0 aliphatic carbocycles. The van der Waals surface area contributed by atoms with Gasteiger partial charge in [-0.15, -0.1) is 0 Å². The van der Waals surface area contributed by atoms with Crippen LogP contribution in [0.5, 0.6) is 0 Å². The Morgan fingerprint density at radius 3 is 0.667 bits per heavy atom. The molecule has 36 heteroatoms. The zero-order valence-corrected chi connectivity index (χ0v) is 32.1. The summed E-state index contributed by atoms with van der Waals surface area (Å²) in [6.45, 7) is 5.23. The zero-order chi connectivity index (χ0) is 52.5. The molecule has 0 aromatic rings. The van der Waals surface area contributed by atoms with E-state index in [0.29, 0.717) is 0 Å². The van der Waals surface area contributed by atoms with Crippen LogP contribution in [-0.2, 0) is 4.43 Å². The van der Waals surface area contributed by atoms with Gasteiger partial charge in [-0.2, -0.15) is 149 Å². The lowest BCUT2D eigenvalue weighted by Crippen LogP contribution is -2.74. The molecule has 0 heterocycles. The fourth-order valence-corrected chi connectivity index (χ4v) is 4.92. The first kappa shape index (κ1) is 62.9. The van der Waals surface area contributed by atoms with Crippen LogP contribution in [0.2, 0.25) is 19.1 Å². The molecule has 0 N–H and O–H groups in total. The van der Waals surface area contributed by atoms with E-state index in [-0.39, 0.29) is 0 Å². The third-order valence-corrected chi connectivity index (χ3v) is 10.9. The third-order valence-electron chi connectivity index (χ3n) is 8.36. The minimum atomic E-state index is -8.59. The molecular weight excluding hydrogens is 1010 g/mol. The van der Waals surface area contributed by atoms with E-state index in [2.05, 4.69) is 4.43 Å². The van der Waals surface area contributed by atoms with Crippen molar-refractivity contribution in [3.05, 3.63) is 0 Å². The van der Waals surface area contributed by atoms with Gasteiger partial charge in [0.1, 0.15) is 0 Å². The normalized spacial score (nSPS) is 16.6. The van der Waals surface area contributed by atoms with E-state index in [9.17, 15) is 149 Å². The van der Waals surface area contributed by atoms with Crippen molar-refractivity contribution in [3.8, 4) is 0 Å². The van der Waals surface area contributed by atoms with Crippen molar-refractivity contribution in [1.82, 2.24) is 0 Å². The highest BCUT2D eigenvalue weighted by atomic mass is 28.4. The first-order chi connectivity index (χ1) is 26.5. The minimum Gasteiger partial charge on any atom is -0.420 e. The fourth-order valence-electron chi connectivity index (χ4n) is 3.80. The highest BCUT2D eigenvalue weighted by molar-refractivity contribution is 6.71. The van der Waals surface area contributed by atoms with Gasteiger partial charge in [0.05, 0.1) is 0 Å². The van der Waals surface area contributed by atoms with E-state index in [4.69, 9.17) is 0 Å². The fraction of sp³-hybridized carbons (Fsp3) is 1.00. The Morgan fingerprint density at radius 2 is 0.476 bits per heavy atom. The lowest BCUT2D eigenvalue weighted by molar-refractivity contribution is -0.461. The predicted molar refractivity (Wildman–Crippen MR) is 144 cm³/mol. The van der Waals surface area contributed by atoms with E-state index < -0.39 is 134 Å². The van der Waals surface area contributed by atoms with E-state index in [1.165, 1.54) is 0 Å². The zero-order valence-electron chi connectivity index (χ0n) is 31.1. The maximum absolute atomic E-state index is 13.6. The lowest BCUT2D eigenvalue weighted by atomic mass is 9.84. The van der Waals surface area contributed by atoms with Crippen LogP contribution in [0.3, 0.4) is 0 Å². The number of hydrogen-bond donors (Lipinski definition) is 0. The minimum absolute atomic E-state index is 0.856. The summed E-state index contributed by atoms with van der Waals surface area (Å²) >= 11 is 0. The van der Waals surface area contributed by atoms with Gasteiger partial charge in [0, 0.05) is 20.0 Å². The van der Waals surface area contributed by atoms with Crippen LogP contribution in [-0.4, -0.2) is 111 Å². The van der Waals surface area contributed by atoms with Crippen molar-refractivity contribution in [2.24, 2.45) is 5.41 Å². The molecule has 0 aliphatic heterocycles. The van der Waals surface area contributed by atoms with Crippen LogP contribution >= 0.6 is 0 Å². The number of halogens is 34. The molecule has 0 amide bonds. The Kier molecular flexibility index (Phi) is 16.8. The molecule has 0 fully saturated rings. The predicted octanol–water partition coefficient (Wildman–Crippen LogP) is 15.1. The monoisotopic (exact) mass is 1040 g/mol. The van der Waals surface area contributed by atoms with Crippen molar-refractivity contribution < 1.29 is 154 Å². The Morgan fingerprint density at radius 1 is 0.286 bits per heavy atom. The van der Waals surface area contributed by atoms with Gasteiger partial charge in [-0.1, -0.05) is 20.8 Å². The van der Waals surface area contributed by atoms with E-state index in [1.807, 2.05) is 0 Å². The summed E-state index contributed by atoms with van der Waals surface area (Å²) in [6.07, 6.45) is -21.5. The topological polar surface area (TPSA) is 9.23 Å². The molecule has 0 atom stereocenters. The molecule has 0 aromatic carbocycles. The number of hydrogen-bond acceptors (Lipinski definition) is 1. The van der Waals surface area contributed by atoms with E-state index in [1.54, 1.807) is 0 Å². The van der Waals surface area contributed by atoms with Crippen molar-refractivity contribution in [2.75, 3.05) is 7.11 Å². The average Bonchev–Trinajstić information content (AvgIpc) is 3.04. The van der Waals surface area contributed by atoms with Crippen LogP contribution < -0.4 is 0 Å². The van der Waals surface area contributed by atoms with Gasteiger partial charge in [0.2, 0.25) is 0 Å². The van der Waals surface area contributed by atoms with Crippen LogP contribution in [0.15, 0.2) is 0 Å². The summed E-state index contributed by atoms with van der Waals surface area (Å²) < 4.78 is 448.